The van der Waals surface area contributed by atoms with Crippen molar-refractivity contribution in [2.24, 2.45) is 5.92 Å². The van der Waals surface area contributed by atoms with Crippen LogP contribution in [0.5, 0.6) is 11.6 Å². The second-order valence-corrected chi connectivity index (χ2v) is 7.28. The van der Waals surface area contributed by atoms with Gasteiger partial charge in [-0.05, 0) is 48.9 Å². The first-order chi connectivity index (χ1) is 13.3. The van der Waals surface area contributed by atoms with Crippen molar-refractivity contribution < 1.29 is 14.2 Å². The summed E-state index contributed by atoms with van der Waals surface area (Å²) in [5.41, 5.74) is 1.33. The Morgan fingerprint density at radius 1 is 1.19 bits per heavy atom. The van der Waals surface area contributed by atoms with Crippen LogP contribution in [0.3, 0.4) is 0 Å². The lowest BCUT2D eigenvalue weighted by atomic mass is 9.91. The number of nitrogens with zero attached hydrogens (tertiary/aromatic N) is 3. The van der Waals surface area contributed by atoms with E-state index < -0.39 is 0 Å². The van der Waals surface area contributed by atoms with Gasteiger partial charge in [0.2, 0.25) is 0 Å². The van der Waals surface area contributed by atoms with E-state index in [1.54, 1.807) is 7.11 Å². The Kier molecular flexibility index (Phi) is 5.72. The third-order valence-corrected chi connectivity index (χ3v) is 5.38. The Morgan fingerprint density at radius 3 is 2.78 bits per heavy atom. The van der Waals surface area contributed by atoms with E-state index in [1.165, 1.54) is 5.56 Å². The lowest BCUT2D eigenvalue weighted by Crippen LogP contribution is -2.35. The molecule has 4 heterocycles. The molecular formula is C21H27N3O3. The highest BCUT2D eigenvalue weighted by Gasteiger charge is 2.24. The Labute approximate surface area is 160 Å². The number of ether oxygens (including phenoxy) is 3. The quantitative estimate of drug-likeness (QED) is 0.780. The predicted molar refractivity (Wildman–Crippen MR) is 104 cm³/mol. The minimum atomic E-state index is 0.0619. The third-order valence-electron chi connectivity index (χ3n) is 5.38. The molecular weight excluding hydrogens is 342 g/mol. The standard InChI is InChI=1S/C21H27N3O3/c1-25-19-4-5-20(23-21(19)27-18-8-12-26-15-18)24-10-6-16(7-11-24)13-17-3-2-9-22-14-17/h2-5,9,14,16,18H,6-8,10-13,15H2,1H3. The van der Waals surface area contributed by atoms with Gasteiger partial charge in [-0.25, -0.2) is 0 Å². The van der Waals surface area contributed by atoms with Crippen LogP contribution in [0.15, 0.2) is 36.7 Å². The summed E-state index contributed by atoms with van der Waals surface area (Å²) in [7, 11) is 1.65. The van der Waals surface area contributed by atoms with Gasteiger partial charge in [-0.3, -0.25) is 4.98 Å². The molecule has 6 heteroatoms. The van der Waals surface area contributed by atoms with Crippen LogP contribution in [0, 0.1) is 5.92 Å². The number of anilines is 1. The van der Waals surface area contributed by atoms with Gasteiger partial charge in [-0.1, -0.05) is 6.07 Å². The maximum Gasteiger partial charge on any atom is 0.259 e. The van der Waals surface area contributed by atoms with E-state index in [2.05, 4.69) is 16.0 Å². The Morgan fingerprint density at radius 2 is 2.07 bits per heavy atom. The van der Waals surface area contributed by atoms with Gasteiger partial charge in [0.15, 0.2) is 5.75 Å². The summed E-state index contributed by atoms with van der Waals surface area (Å²) in [6.07, 6.45) is 8.20. The zero-order valence-corrected chi connectivity index (χ0v) is 15.8. The maximum absolute atomic E-state index is 6.03. The van der Waals surface area contributed by atoms with E-state index in [-0.39, 0.29) is 6.10 Å². The van der Waals surface area contributed by atoms with Crippen molar-refractivity contribution in [3.8, 4) is 11.6 Å². The van der Waals surface area contributed by atoms with Crippen LogP contribution in [0.1, 0.15) is 24.8 Å². The highest BCUT2D eigenvalue weighted by Crippen LogP contribution is 2.32. The largest absolute Gasteiger partial charge is 0.491 e. The molecule has 2 fully saturated rings. The van der Waals surface area contributed by atoms with E-state index >= 15 is 0 Å². The van der Waals surface area contributed by atoms with Crippen molar-refractivity contribution in [3.63, 3.8) is 0 Å². The Hall–Kier alpha value is -2.34. The molecule has 0 amide bonds. The number of pyridine rings is 2. The molecule has 0 aromatic carbocycles. The Bertz CT molecular complexity index is 727. The van der Waals surface area contributed by atoms with Crippen LogP contribution in [0.25, 0.3) is 0 Å². The lowest BCUT2D eigenvalue weighted by Gasteiger charge is -2.33. The fourth-order valence-electron chi connectivity index (χ4n) is 3.82. The van der Waals surface area contributed by atoms with E-state index in [0.717, 1.165) is 51.2 Å². The number of methoxy groups -OCH3 is 1. The highest BCUT2D eigenvalue weighted by molar-refractivity contribution is 5.47. The molecule has 0 aliphatic carbocycles. The topological polar surface area (TPSA) is 56.7 Å². The molecule has 0 saturated carbocycles. The van der Waals surface area contributed by atoms with E-state index in [4.69, 9.17) is 19.2 Å². The van der Waals surface area contributed by atoms with Gasteiger partial charge in [-0.15, -0.1) is 0 Å². The zero-order valence-electron chi connectivity index (χ0n) is 15.8. The van der Waals surface area contributed by atoms with E-state index in [9.17, 15) is 0 Å². The van der Waals surface area contributed by atoms with Gasteiger partial charge >= 0.3 is 0 Å². The average molecular weight is 369 g/mol. The summed E-state index contributed by atoms with van der Waals surface area (Å²) in [4.78, 5) is 11.3. The van der Waals surface area contributed by atoms with Gasteiger partial charge in [0.25, 0.3) is 5.88 Å². The molecule has 2 aromatic rings. The van der Waals surface area contributed by atoms with Crippen molar-refractivity contribution in [1.82, 2.24) is 9.97 Å². The summed E-state index contributed by atoms with van der Waals surface area (Å²) in [6.45, 7) is 3.39. The fourth-order valence-corrected chi connectivity index (χ4v) is 3.82. The van der Waals surface area contributed by atoms with Crippen molar-refractivity contribution in [2.75, 3.05) is 38.3 Å². The smallest absolute Gasteiger partial charge is 0.259 e. The highest BCUT2D eigenvalue weighted by atomic mass is 16.6. The number of rotatable bonds is 6. The van der Waals surface area contributed by atoms with Crippen LogP contribution in [0.2, 0.25) is 0 Å². The van der Waals surface area contributed by atoms with Gasteiger partial charge in [0.1, 0.15) is 11.9 Å². The third kappa shape index (κ3) is 4.50. The summed E-state index contributed by atoms with van der Waals surface area (Å²) in [6, 6.07) is 8.16. The number of piperidine rings is 1. The average Bonchev–Trinajstić information content (AvgIpc) is 3.22. The van der Waals surface area contributed by atoms with Crippen LogP contribution in [-0.4, -0.2) is 49.5 Å². The van der Waals surface area contributed by atoms with Gasteiger partial charge in [0.05, 0.1) is 20.3 Å². The van der Waals surface area contributed by atoms with E-state index in [1.807, 2.05) is 30.6 Å². The molecule has 2 saturated heterocycles. The van der Waals surface area contributed by atoms with Crippen molar-refractivity contribution >= 4 is 5.82 Å². The molecule has 0 bridgehead atoms. The summed E-state index contributed by atoms with van der Waals surface area (Å²) in [5, 5.41) is 0. The second kappa shape index (κ2) is 8.57. The molecule has 2 aliphatic heterocycles. The number of aromatic nitrogens is 2. The first-order valence-corrected chi connectivity index (χ1v) is 9.75. The molecule has 0 spiro atoms. The summed E-state index contributed by atoms with van der Waals surface area (Å²) < 4.78 is 16.9. The van der Waals surface area contributed by atoms with Gasteiger partial charge < -0.3 is 19.1 Å². The summed E-state index contributed by atoms with van der Waals surface area (Å²) >= 11 is 0. The zero-order chi connectivity index (χ0) is 18.5. The molecule has 0 N–H and O–H groups in total. The minimum absolute atomic E-state index is 0.0619. The fraction of sp³-hybridized carbons (Fsp3) is 0.524. The lowest BCUT2D eigenvalue weighted by molar-refractivity contribution is 0.135. The van der Waals surface area contributed by atoms with Crippen LogP contribution in [0.4, 0.5) is 5.82 Å². The van der Waals surface area contributed by atoms with Crippen LogP contribution >= 0.6 is 0 Å². The molecule has 1 atom stereocenters. The molecule has 2 aliphatic rings. The van der Waals surface area contributed by atoms with Crippen molar-refractivity contribution in [2.45, 2.75) is 31.8 Å². The SMILES string of the molecule is COc1ccc(N2CCC(Cc3cccnc3)CC2)nc1OC1CCOC1. The predicted octanol–water partition coefficient (Wildman–Crippen LogP) is 3.11. The monoisotopic (exact) mass is 369 g/mol. The first kappa shape index (κ1) is 18.0. The summed E-state index contributed by atoms with van der Waals surface area (Å²) in [5.74, 6) is 2.92. The number of hydrogen-bond donors (Lipinski definition) is 0. The minimum Gasteiger partial charge on any atom is -0.491 e. The molecule has 144 valence electrons. The second-order valence-electron chi connectivity index (χ2n) is 7.28. The maximum atomic E-state index is 6.03. The molecule has 6 nitrogen and oxygen atoms in total. The molecule has 0 radical (unpaired) electrons. The normalized spacial score (nSPS) is 20.6. The van der Waals surface area contributed by atoms with Crippen molar-refractivity contribution in [1.29, 1.82) is 0 Å². The molecule has 1 unspecified atom stereocenters. The Balaban J connectivity index is 1.38. The van der Waals surface area contributed by atoms with Crippen LogP contribution in [-0.2, 0) is 11.2 Å². The van der Waals surface area contributed by atoms with Gasteiger partial charge in [0, 0.05) is 31.9 Å². The number of hydrogen-bond acceptors (Lipinski definition) is 6. The molecule has 2 aromatic heterocycles. The first-order valence-electron chi connectivity index (χ1n) is 9.75. The molecule has 4 rings (SSSR count). The van der Waals surface area contributed by atoms with Crippen molar-refractivity contribution in [3.05, 3.63) is 42.2 Å². The van der Waals surface area contributed by atoms with Crippen LogP contribution < -0.4 is 14.4 Å². The van der Waals surface area contributed by atoms with E-state index in [0.29, 0.717) is 24.2 Å². The van der Waals surface area contributed by atoms with Gasteiger partial charge in [-0.2, -0.15) is 4.98 Å². The molecule has 27 heavy (non-hydrogen) atoms.